The lowest BCUT2D eigenvalue weighted by Gasteiger charge is -2.27. The van der Waals surface area contributed by atoms with Crippen LogP contribution in [0.25, 0.3) is 0 Å². The van der Waals surface area contributed by atoms with Crippen molar-refractivity contribution in [1.82, 2.24) is 15.5 Å². The molecule has 6 nitrogen and oxygen atoms in total. The fourth-order valence-electron chi connectivity index (χ4n) is 2.35. The summed E-state index contributed by atoms with van der Waals surface area (Å²) >= 11 is 0. The van der Waals surface area contributed by atoms with E-state index in [1.165, 1.54) is 0 Å². The molecule has 0 bridgehead atoms. The Hall–Kier alpha value is -2.08. The van der Waals surface area contributed by atoms with Gasteiger partial charge in [-0.1, -0.05) is 13.3 Å². The zero-order chi connectivity index (χ0) is 16.5. The number of ether oxygens (including phenoxy) is 1. The summed E-state index contributed by atoms with van der Waals surface area (Å²) in [5, 5.41) is 6.02. The second kappa shape index (κ2) is 9.15. The van der Waals surface area contributed by atoms with Crippen LogP contribution in [0.2, 0.25) is 0 Å². The van der Waals surface area contributed by atoms with Gasteiger partial charge in [0.15, 0.2) is 6.61 Å². The first-order valence-corrected chi connectivity index (χ1v) is 8.20. The van der Waals surface area contributed by atoms with Crippen molar-refractivity contribution in [2.45, 2.75) is 19.8 Å². The normalized spacial score (nSPS) is 14.4. The highest BCUT2D eigenvalue weighted by Gasteiger charge is 2.17. The molecule has 1 heterocycles. The summed E-state index contributed by atoms with van der Waals surface area (Å²) in [7, 11) is 0. The van der Waals surface area contributed by atoms with Crippen LogP contribution in [0.15, 0.2) is 24.3 Å². The molecule has 0 spiro atoms. The van der Waals surface area contributed by atoms with Crippen LogP contribution in [0.4, 0.5) is 0 Å². The van der Waals surface area contributed by atoms with Gasteiger partial charge in [0.1, 0.15) is 5.75 Å². The number of hydrogen-bond donors (Lipinski definition) is 2. The summed E-state index contributed by atoms with van der Waals surface area (Å²) < 4.78 is 5.43. The third-order valence-electron chi connectivity index (χ3n) is 3.73. The number of rotatable bonds is 7. The molecule has 0 saturated carbocycles. The molecule has 0 unspecified atom stereocenters. The van der Waals surface area contributed by atoms with E-state index in [2.05, 4.69) is 17.6 Å². The molecule has 1 aliphatic rings. The van der Waals surface area contributed by atoms with Gasteiger partial charge >= 0.3 is 0 Å². The van der Waals surface area contributed by atoms with Crippen LogP contribution >= 0.6 is 0 Å². The van der Waals surface area contributed by atoms with Gasteiger partial charge in [-0.3, -0.25) is 9.59 Å². The molecule has 6 heteroatoms. The molecule has 1 saturated heterocycles. The minimum absolute atomic E-state index is 0.00516. The SMILES string of the molecule is CCCCNC(=O)COc1ccc(C(=O)N2CCNCC2)cc1. The maximum Gasteiger partial charge on any atom is 0.257 e. The number of carbonyl (C=O) groups excluding carboxylic acids is 2. The second-order valence-corrected chi connectivity index (χ2v) is 5.56. The van der Waals surface area contributed by atoms with Crippen LogP contribution in [0.5, 0.6) is 5.75 Å². The van der Waals surface area contributed by atoms with Crippen molar-refractivity contribution in [3.05, 3.63) is 29.8 Å². The average Bonchev–Trinajstić information content (AvgIpc) is 2.61. The van der Waals surface area contributed by atoms with E-state index in [4.69, 9.17) is 4.74 Å². The maximum atomic E-state index is 12.3. The fourth-order valence-corrected chi connectivity index (χ4v) is 2.35. The number of hydrogen-bond acceptors (Lipinski definition) is 4. The molecule has 126 valence electrons. The first-order valence-electron chi connectivity index (χ1n) is 8.20. The lowest BCUT2D eigenvalue weighted by Crippen LogP contribution is -2.46. The molecule has 2 rings (SSSR count). The van der Waals surface area contributed by atoms with Crippen molar-refractivity contribution >= 4 is 11.8 Å². The minimum Gasteiger partial charge on any atom is -0.484 e. The quantitative estimate of drug-likeness (QED) is 0.737. The van der Waals surface area contributed by atoms with Crippen molar-refractivity contribution in [3.8, 4) is 5.75 Å². The fraction of sp³-hybridized carbons (Fsp3) is 0.529. The van der Waals surface area contributed by atoms with Gasteiger partial charge in [0.2, 0.25) is 0 Å². The number of benzene rings is 1. The van der Waals surface area contributed by atoms with E-state index in [-0.39, 0.29) is 18.4 Å². The van der Waals surface area contributed by atoms with Gasteiger partial charge in [-0.2, -0.15) is 0 Å². The molecule has 2 N–H and O–H groups in total. The van der Waals surface area contributed by atoms with Crippen LogP contribution in [0.1, 0.15) is 30.1 Å². The lowest BCUT2D eigenvalue weighted by atomic mass is 10.2. The first-order chi connectivity index (χ1) is 11.2. The van der Waals surface area contributed by atoms with Crippen molar-refractivity contribution < 1.29 is 14.3 Å². The molecule has 0 aromatic heterocycles. The molecule has 2 amide bonds. The molecule has 1 aromatic carbocycles. The second-order valence-electron chi connectivity index (χ2n) is 5.56. The highest BCUT2D eigenvalue weighted by atomic mass is 16.5. The Morgan fingerprint density at radius 3 is 2.57 bits per heavy atom. The van der Waals surface area contributed by atoms with E-state index in [0.717, 1.165) is 39.0 Å². The van der Waals surface area contributed by atoms with E-state index in [1.807, 2.05) is 4.90 Å². The predicted molar refractivity (Wildman–Crippen MR) is 88.6 cm³/mol. The van der Waals surface area contributed by atoms with Crippen molar-refractivity contribution in [3.63, 3.8) is 0 Å². The average molecular weight is 319 g/mol. The maximum absolute atomic E-state index is 12.3. The van der Waals surface area contributed by atoms with E-state index in [1.54, 1.807) is 24.3 Å². The Bertz CT molecular complexity index is 510. The summed E-state index contributed by atoms with van der Waals surface area (Å²) in [6.45, 7) is 5.88. The molecule has 1 aromatic rings. The van der Waals surface area contributed by atoms with Gasteiger partial charge in [0.25, 0.3) is 11.8 Å². The van der Waals surface area contributed by atoms with Crippen LogP contribution in [-0.4, -0.2) is 56.0 Å². The van der Waals surface area contributed by atoms with Gasteiger partial charge < -0.3 is 20.3 Å². The van der Waals surface area contributed by atoms with Crippen molar-refractivity contribution in [2.24, 2.45) is 0 Å². The Morgan fingerprint density at radius 2 is 1.91 bits per heavy atom. The monoisotopic (exact) mass is 319 g/mol. The Kier molecular flexibility index (Phi) is 6.87. The Labute approximate surface area is 137 Å². The molecular weight excluding hydrogens is 294 g/mol. The van der Waals surface area contributed by atoms with Gasteiger partial charge in [-0.15, -0.1) is 0 Å². The van der Waals surface area contributed by atoms with E-state index < -0.39 is 0 Å². The molecule has 0 radical (unpaired) electrons. The topological polar surface area (TPSA) is 70.7 Å². The number of unbranched alkanes of at least 4 members (excludes halogenated alkanes) is 1. The molecule has 23 heavy (non-hydrogen) atoms. The summed E-state index contributed by atoms with van der Waals surface area (Å²) in [5.74, 6) is 0.502. The highest BCUT2D eigenvalue weighted by Crippen LogP contribution is 2.14. The van der Waals surface area contributed by atoms with E-state index in [9.17, 15) is 9.59 Å². The van der Waals surface area contributed by atoms with Crippen LogP contribution in [0, 0.1) is 0 Å². The number of piperazine rings is 1. The van der Waals surface area contributed by atoms with Crippen molar-refractivity contribution in [1.29, 1.82) is 0 Å². The molecular formula is C17H25N3O3. The third-order valence-corrected chi connectivity index (χ3v) is 3.73. The number of amides is 2. The molecule has 0 atom stereocenters. The van der Waals surface area contributed by atoms with Crippen LogP contribution in [-0.2, 0) is 4.79 Å². The zero-order valence-electron chi connectivity index (χ0n) is 13.6. The number of nitrogens with one attached hydrogen (secondary N) is 2. The largest absolute Gasteiger partial charge is 0.484 e. The van der Waals surface area contributed by atoms with E-state index >= 15 is 0 Å². The van der Waals surface area contributed by atoms with Crippen LogP contribution < -0.4 is 15.4 Å². The Morgan fingerprint density at radius 1 is 1.22 bits per heavy atom. The van der Waals surface area contributed by atoms with Gasteiger partial charge in [-0.05, 0) is 30.7 Å². The van der Waals surface area contributed by atoms with Gasteiger partial charge in [-0.25, -0.2) is 0 Å². The highest BCUT2D eigenvalue weighted by molar-refractivity contribution is 5.94. The summed E-state index contributed by atoms with van der Waals surface area (Å²) in [6, 6.07) is 6.95. The van der Waals surface area contributed by atoms with Crippen molar-refractivity contribution in [2.75, 3.05) is 39.3 Å². The number of carbonyl (C=O) groups is 2. The van der Waals surface area contributed by atoms with Gasteiger partial charge in [0, 0.05) is 38.3 Å². The first kappa shape index (κ1) is 17.3. The molecule has 1 fully saturated rings. The molecule has 0 aliphatic carbocycles. The smallest absolute Gasteiger partial charge is 0.257 e. The standard InChI is InChI=1S/C17H25N3O3/c1-2-3-8-19-16(21)13-23-15-6-4-14(5-7-15)17(22)20-11-9-18-10-12-20/h4-7,18H,2-3,8-13H2,1H3,(H,19,21). The number of nitrogens with zero attached hydrogens (tertiary/aromatic N) is 1. The van der Waals surface area contributed by atoms with Gasteiger partial charge in [0.05, 0.1) is 0 Å². The Balaban J connectivity index is 1.79. The summed E-state index contributed by atoms with van der Waals surface area (Å²) in [4.78, 5) is 25.7. The van der Waals surface area contributed by atoms with Crippen LogP contribution in [0.3, 0.4) is 0 Å². The summed E-state index contributed by atoms with van der Waals surface area (Å²) in [6.07, 6.45) is 2.01. The zero-order valence-corrected chi connectivity index (χ0v) is 13.6. The lowest BCUT2D eigenvalue weighted by molar-refractivity contribution is -0.123. The van der Waals surface area contributed by atoms with E-state index in [0.29, 0.717) is 17.9 Å². The minimum atomic E-state index is -0.126. The third kappa shape index (κ3) is 5.56. The predicted octanol–water partition coefficient (Wildman–Crippen LogP) is 1.03. The summed E-state index contributed by atoms with van der Waals surface area (Å²) in [5.41, 5.74) is 0.645. The molecule has 1 aliphatic heterocycles.